The molecule has 0 aromatic rings. The van der Waals surface area contributed by atoms with E-state index in [0.29, 0.717) is 0 Å². The van der Waals surface area contributed by atoms with Crippen LogP contribution in [-0.4, -0.2) is 47.1 Å². The maximum atomic E-state index is 8.74. The summed E-state index contributed by atoms with van der Waals surface area (Å²) in [6.45, 7) is 0. The molecule has 0 unspecified atom stereocenters. The average Bonchev–Trinajstić information content (AvgIpc) is 1.88. The van der Waals surface area contributed by atoms with E-state index >= 15 is 0 Å². The summed E-state index contributed by atoms with van der Waals surface area (Å²) in [5.41, 5.74) is 0. The molecule has 1 fully saturated rings. The van der Waals surface area contributed by atoms with E-state index in [0.717, 1.165) is 0 Å². The first kappa shape index (κ1) is 15.3. The summed E-state index contributed by atoms with van der Waals surface area (Å²) >= 11 is 0. The van der Waals surface area contributed by atoms with Crippen molar-refractivity contribution in [2.45, 2.75) is 38.5 Å². The van der Waals surface area contributed by atoms with Crippen LogP contribution in [0.3, 0.4) is 0 Å². The van der Waals surface area contributed by atoms with Gasteiger partial charge in [-0.1, -0.05) is 38.5 Å². The van der Waals surface area contributed by atoms with E-state index in [4.69, 9.17) is 17.5 Å². The zero-order chi connectivity index (χ0) is 8.74. The van der Waals surface area contributed by atoms with Gasteiger partial charge >= 0.3 is 40.0 Å². The third-order valence-corrected chi connectivity index (χ3v) is 1.50. The molecular weight excluding hydrogens is 191 g/mol. The van der Waals surface area contributed by atoms with E-state index in [1.807, 2.05) is 0 Å². The summed E-state index contributed by atoms with van der Waals surface area (Å²) in [5, 5.41) is 0. The summed E-state index contributed by atoms with van der Waals surface area (Å²) in [6.07, 6.45) is 9.00. The van der Waals surface area contributed by atoms with Crippen LogP contribution in [0.4, 0.5) is 0 Å². The summed E-state index contributed by atoms with van der Waals surface area (Å²) in [5.74, 6) is 0. The molecule has 1 rings (SSSR count). The predicted molar refractivity (Wildman–Crippen MR) is 49.0 cm³/mol. The molecule has 1 aliphatic rings. The fraction of sp³-hybridized carbons (Fsp3) is 1.00. The second kappa shape index (κ2) is 8.47. The van der Waals surface area contributed by atoms with Crippen molar-refractivity contribution in [1.82, 2.24) is 0 Å². The van der Waals surface area contributed by atoms with Gasteiger partial charge in [0.2, 0.25) is 0 Å². The van der Waals surface area contributed by atoms with E-state index < -0.39 is 10.4 Å². The van der Waals surface area contributed by atoms with Crippen molar-refractivity contribution in [3.63, 3.8) is 0 Å². The van der Waals surface area contributed by atoms with Gasteiger partial charge in [-0.25, -0.2) is 0 Å². The first-order chi connectivity index (χ1) is 5.00. The minimum atomic E-state index is -4.67. The van der Waals surface area contributed by atoms with Crippen molar-refractivity contribution >= 4 is 40.0 Å². The molecule has 0 heterocycles. The summed E-state index contributed by atoms with van der Waals surface area (Å²) in [6, 6.07) is 0. The topological polar surface area (TPSA) is 74.6 Å². The third kappa shape index (κ3) is 22.4. The zero-order valence-electron chi connectivity index (χ0n) is 6.36. The van der Waals surface area contributed by atoms with Crippen LogP contribution in [0.1, 0.15) is 38.5 Å². The van der Waals surface area contributed by atoms with Crippen molar-refractivity contribution in [2.75, 3.05) is 0 Å². The van der Waals surface area contributed by atoms with Crippen LogP contribution in [-0.2, 0) is 10.4 Å². The van der Waals surface area contributed by atoms with Crippen molar-refractivity contribution in [1.29, 1.82) is 0 Å². The molecule has 0 atom stereocenters. The summed E-state index contributed by atoms with van der Waals surface area (Å²) in [7, 11) is -4.67. The first-order valence-electron chi connectivity index (χ1n) is 3.70. The molecule has 0 amide bonds. The monoisotopic (exact) mass is 206 g/mol. The number of hydrogen-bond acceptors (Lipinski definition) is 2. The molecule has 12 heavy (non-hydrogen) atoms. The molecular formula is C6H15NaO4S. The standard InChI is InChI=1S/C6H12.Na.H2O4S.H/c1-2-4-6-5-3-1;;1-5(2,3)4;/h1-6H2;;(H2,1,2,3,4);. The van der Waals surface area contributed by atoms with Crippen molar-refractivity contribution < 1.29 is 17.5 Å². The molecule has 0 radical (unpaired) electrons. The van der Waals surface area contributed by atoms with Gasteiger partial charge in [-0.15, -0.1) is 0 Å². The Hall–Kier alpha value is 0.870. The minimum absolute atomic E-state index is 0. The molecule has 1 saturated carbocycles. The van der Waals surface area contributed by atoms with Gasteiger partial charge < -0.3 is 0 Å². The van der Waals surface area contributed by atoms with Gasteiger partial charge in [0, 0.05) is 0 Å². The van der Waals surface area contributed by atoms with Crippen molar-refractivity contribution in [3.05, 3.63) is 0 Å². The molecule has 1 aliphatic carbocycles. The fourth-order valence-corrected chi connectivity index (χ4v) is 1.06. The molecule has 2 N–H and O–H groups in total. The van der Waals surface area contributed by atoms with Crippen LogP contribution in [0.25, 0.3) is 0 Å². The molecule has 0 aromatic carbocycles. The Bertz CT molecular complexity index is 154. The van der Waals surface area contributed by atoms with Crippen LogP contribution in [0.2, 0.25) is 0 Å². The molecule has 4 nitrogen and oxygen atoms in total. The van der Waals surface area contributed by atoms with Gasteiger partial charge in [0.05, 0.1) is 0 Å². The van der Waals surface area contributed by atoms with Gasteiger partial charge in [0.15, 0.2) is 0 Å². The van der Waals surface area contributed by atoms with E-state index in [-0.39, 0.29) is 29.6 Å². The molecule has 0 spiro atoms. The van der Waals surface area contributed by atoms with Gasteiger partial charge in [-0.3, -0.25) is 9.11 Å². The summed E-state index contributed by atoms with van der Waals surface area (Å²) in [4.78, 5) is 0. The third-order valence-electron chi connectivity index (χ3n) is 1.50. The Morgan fingerprint density at radius 2 is 0.833 bits per heavy atom. The van der Waals surface area contributed by atoms with E-state index in [9.17, 15) is 0 Å². The molecule has 0 aromatic heterocycles. The Balaban J connectivity index is 0. The summed E-state index contributed by atoms with van der Waals surface area (Å²) < 4.78 is 31.6. The Morgan fingerprint density at radius 1 is 0.750 bits per heavy atom. The Labute approximate surface area is 95.6 Å². The van der Waals surface area contributed by atoms with Crippen molar-refractivity contribution in [2.24, 2.45) is 0 Å². The van der Waals surface area contributed by atoms with E-state index in [1.54, 1.807) is 0 Å². The van der Waals surface area contributed by atoms with Crippen molar-refractivity contribution in [3.8, 4) is 0 Å². The van der Waals surface area contributed by atoms with Gasteiger partial charge in [0.1, 0.15) is 0 Å². The predicted octanol–water partition coefficient (Wildman–Crippen LogP) is 1.04. The zero-order valence-corrected chi connectivity index (χ0v) is 7.18. The first-order valence-corrected chi connectivity index (χ1v) is 5.10. The van der Waals surface area contributed by atoms with Crippen LogP contribution in [0.15, 0.2) is 0 Å². The Morgan fingerprint density at radius 3 is 0.917 bits per heavy atom. The van der Waals surface area contributed by atoms with Gasteiger partial charge in [0.25, 0.3) is 0 Å². The fourth-order valence-electron chi connectivity index (χ4n) is 1.06. The van der Waals surface area contributed by atoms with Gasteiger partial charge in [-0.05, 0) is 0 Å². The molecule has 0 bridgehead atoms. The molecule has 70 valence electrons. The quantitative estimate of drug-likeness (QED) is 0.458. The van der Waals surface area contributed by atoms with Crippen LogP contribution in [0, 0.1) is 0 Å². The van der Waals surface area contributed by atoms with Crippen LogP contribution in [0.5, 0.6) is 0 Å². The van der Waals surface area contributed by atoms with E-state index in [1.165, 1.54) is 38.5 Å². The van der Waals surface area contributed by atoms with Gasteiger partial charge in [-0.2, -0.15) is 8.42 Å². The normalized spacial score (nSPS) is 16.8. The van der Waals surface area contributed by atoms with Crippen LogP contribution < -0.4 is 0 Å². The SMILES string of the molecule is C1CCCCC1.O=S(=O)(O)O.[NaH]. The average molecular weight is 206 g/mol. The van der Waals surface area contributed by atoms with Crippen LogP contribution >= 0.6 is 0 Å². The maximum absolute atomic E-state index is 8.74. The Kier molecular flexibility index (Phi) is 10.8. The number of hydrogen-bond donors (Lipinski definition) is 2. The number of rotatable bonds is 0. The molecule has 0 saturated heterocycles. The molecule has 0 aliphatic heterocycles. The second-order valence-electron chi connectivity index (χ2n) is 2.57. The molecule has 6 heteroatoms. The van der Waals surface area contributed by atoms with E-state index in [2.05, 4.69) is 0 Å². The second-order valence-corrected chi connectivity index (χ2v) is 3.46.